The highest BCUT2D eigenvalue weighted by molar-refractivity contribution is 5.86. The second kappa shape index (κ2) is 2.23. The van der Waals surface area contributed by atoms with E-state index in [1.165, 1.54) is 0 Å². The van der Waals surface area contributed by atoms with E-state index < -0.39 is 0 Å². The number of hydrogen-bond donors (Lipinski definition) is 1. The van der Waals surface area contributed by atoms with Crippen molar-refractivity contribution in [1.82, 2.24) is 4.98 Å². The number of hydrogen-bond acceptors (Lipinski definition) is 2. The third-order valence-electron chi connectivity index (χ3n) is 1.58. The molecule has 2 rings (SSSR count). The molecule has 1 aromatic carbocycles. The Bertz CT molecular complexity index is 379. The number of nitrogens with zero attached hydrogens (tertiary/aromatic N) is 1. The fourth-order valence-corrected chi connectivity index (χ4v) is 1.04. The molecular formula is C9H6NO. The summed E-state index contributed by atoms with van der Waals surface area (Å²) >= 11 is 0. The first-order valence-corrected chi connectivity index (χ1v) is 3.32. The van der Waals surface area contributed by atoms with Crippen LogP contribution < -0.4 is 0 Å². The second-order valence-corrected chi connectivity index (χ2v) is 2.30. The monoisotopic (exact) mass is 144 g/mol. The van der Waals surface area contributed by atoms with Gasteiger partial charge in [-0.05, 0) is 12.1 Å². The van der Waals surface area contributed by atoms with Crippen molar-refractivity contribution in [3.8, 4) is 5.75 Å². The van der Waals surface area contributed by atoms with Gasteiger partial charge in [-0.1, -0.05) is 12.1 Å². The van der Waals surface area contributed by atoms with Crippen LogP contribution in [-0.4, -0.2) is 10.1 Å². The van der Waals surface area contributed by atoms with E-state index in [1.807, 2.05) is 6.07 Å². The maximum atomic E-state index is 9.32. The van der Waals surface area contributed by atoms with Gasteiger partial charge in [0.2, 0.25) is 0 Å². The van der Waals surface area contributed by atoms with Gasteiger partial charge in [0.25, 0.3) is 0 Å². The minimum atomic E-state index is 0.279. The van der Waals surface area contributed by atoms with Crippen LogP contribution in [0.3, 0.4) is 0 Å². The summed E-state index contributed by atoms with van der Waals surface area (Å²) in [6.45, 7) is 0. The Kier molecular flexibility index (Phi) is 1.25. The smallest absolute Gasteiger partial charge is 0.123 e. The molecule has 1 heterocycles. The molecule has 1 aromatic heterocycles. The van der Waals surface area contributed by atoms with Crippen molar-refractivity contribution in [1.29, 1.82) is 0 Å². The van der Waals surface area contributed by atoms with E-state index in [1.54, 1.807) is 24.4 Å². The lowest BCUT2D eigenvalue weighted by atomic mass is 10.2. The van der Waals surface area contributed by atoms with Crippen molar-refractivity contribution in [3.05, 3.63) is 36.7 Å². The van der Waals surface area contributed by atoms with Crippen molar-refractivity contribution in [2.45, 2.75) is 0 Å². The van der Waals surface area contributed by atoms with Crippen LogP contribution in [0.4, 0.5) is 0 Å². The summed E-state index contributed by atoms with van der Waals surface area (Å²) in [5.41, 5.74) is 0. The van der Waals surface area contributed by atoms with Gasteiger partial charge < -0.3 is 5.11 Å². The molecule has 0 atom stereocenters. The average molecular weight is 144 g/mol. The molecule has 2 heteroatoms. The van der Waals surface area contributed by atoms with Crippen LogP contribution in [0.25, 0.3) is 10.8 Å². The Hall–Kier alpha value is -1.57. The fourth-order valence-electron chi connectivity index (χ4n) is 1.04. The van der Waals surface area contributed by atoms with Crippen LogP contribution in [0.2, 0.25) is 0 Å². The van der Waals surface area contributed by atoms with E-state index >= 15 is 0 Å². The molecule has 1 N–H and O–H groups in total. The molecule has 0 amide bonds. The molecule has 0 unspecified atom stereocenters. The van der Waals surface area contributed by atoms with Crippen molar-refractivity contribution >= 4 is 10.8 Å². The van der Waals surface area contributed by atoms with Crippen molar-refractivity contribution in [2.24, 2.45) is 0 Å². The average Bonchev–Trinajstić information content (AvgIpc) is 2.06. The highest BCUT2D eigenvalue weighted by Crippen LogP contribution is 2.21. The quantitative estimate of drug-likeness (QED) is 0.611. The zero-order valence-electron chi connectivity index (χ0n) is 5.78. The van der Waals surface area contributed by atoms with Gasteiger partial charge in [-0.3, -0.25) is 4.98 Å². The van der Waals surface area contributed by atoms with E-state index in [4.69, 9.17) is 0 Å². The van der Waals surface area contributed by atoms with Crippen molar-refractivity contribution in [3.63, 3.8) is 0 Å². The normalized spacial score (nSPS) is 10.2. The standard InChI is InChI=1S/C9H6NO/c11-9-3-1-2-7-6-10-5-4-8(7)9/h1-5,11H. The van der Waals surface area contributed by atoms with Gasteiger partial charge in [0.15, 0.2) is 0 Å². The Balaban J connectivity index is 2.91. The zero-order valence-corrected chi connectivity index (χ0v) is 5.78. The van der Waals surface area contributed by atoms with Crippen LogP contribution in [0.5, 0.6) is 5.75 Å². The lowest BCUT2D eigenvalue weighted by molar-refractivity contribution is 0.481. The molecule has 0 aliphatic carbocycles. The summed E-state index contributed by atoms with van der Waals surface area (Å²) in [4.78, 5) is 3.82. The molecule has 0 fully saturated rings. The second-order valence-electron chi connectivity index (χ2n) is 2.30. The van der Waals surface area contributed by atoms with E-state index in [0.29, 0.717) is 0 Å². The number of pyridine rings is 1. The zero-order chi connectivity index (χ0) is 7.68. The predicted octanol–water partition coefficient (Wildman–Crippen LogP) is 1.74. The molecule has 2 nitrogen and oxygen atoms in total. The Labute approximate surface area is 64.1 Å². The number of aromatic hydroxyl groups is 1. The van der Waals surface area contributed by atoms with Gasteiger partial charge in [-0.25, -0.2) is 0 Å². The van der Waals surface area contributed by atoms with Crippen molar-refractivity contribution in [2.75, 3.05) is 0 Å². The van der Waals surface area contributed by atoms with Gasteiger partial charge in [-0.15, -0.1) is 0 Å². The Morgan fingerprint density at radius 1 is 1.27 bits per heavy atom. The molecule has 11 heavy (non-hydrogen) atoms. The molecule has 1 radical (unpaired) electrons. The third kappa shape index (κ3) is 0.923. The molecule has 0 aliphatic rings. The maximum Gasteiger partial charge on any atom is 0.123 e. The third-order valence-corrected chi connectivity index (χ3v) is 1.58. The molecule has 2 aromatic rings. The maximum absolute atomic E-state index is 9.32. The first-order valence-electron chi connectivity index (χ1n) is 3.32. The predicted molar refractivity (Wildman–Crippen MR) is 42.2 cm³/mol. The first-order chi connectivity index (χ1) is 5.38. The van der Waals surface area contributed by atoms with E-state index in [2.05, 4.69) is 11.2 Å². The van der Waals surface area contributed by atoms with Gasteiger partial charge in [0.1, 0.15) is 5.75 Å². The van der Waals surface area contributed by atoms with Crippen molar-refractivity contribution < 1.29 is 5.11 Å². The van der Waals surface area contributed by atoms with Crippen LogP contribution in [-0.2, 0) is 0 Å². The Morgan fingerprint density at radius 2 is 2.18 bits per heavy atom. The molecule has 0 bridgehead atoms. The number of phenols is 1. The van der Waals surface area contributed by atoms with Gasteiger partial charge in [0, 0.05) is 17.0 Å². The molecule has 0 saturated carbocycles. The molecule has 0 saturated heterocycles. The highest BCUT2D eigenvalue weighted by Gasteiger charge is 1.95. The van der Waals surface area contributed by atoms with Crippen LogP contribution in [0, 0.1) is 6.20 Å². The summed E-state index contributed by atoms with van der Waals surface area (Å²) in [5, 5.41) is 11.0. The number of benzene rings is 1. The van der Waals surface area contributed by atoms with Gasteiger partial charge >= 0.3 is 0 Å². The summed E-state index contributed by atoms with van der Waals surface area (Å²) < 4.78 is 0. The summed E-state index contributed by atoms with van der Waals surface area (Å²) in [6, 6.07) is 7.05. The summed E-state index contributed by atoms with van der Waals surface area (Å²) in [6.07, 6.45) is 4.39. The number of phenolic OH excluding ortho intramolecular Hbond substituents is 1. The minimum Gasteiger partial charge on any atom is -0.507 e. The molecule has 0 spiro atoms. The van der Waals surface area contributed by atoms with Gasteiger partial charge in [0.05, 0.1) is 6.20 Å². The first kappa shape index (κ1) is 6.16. The van der Waals surface area contributed by atoms with Crippen LogP contribution >= 0.6 is 0 Å². The summed E-state index contributed by atoms with van der Waals surface area (Å²) in [7, 11) is 0. The SMILES string of the molecule is Oc1cccc2[c]nccc12. The fraction of sp³-hybridized carbons (Fsp3) is 0. The van der Waals surface area contributed by atoms with E-state index in [0.717, 1.165) is 10.8 Å². The number of fused-ring (bicyclic) bond motifs is 1. The lowest BCUT2D eigenvalue weighted by Gasteiger charge is -1.96. The molecule has 0 aliphatic heterocycles. The minimum absolute atomic E-state index is 0.279. The molecule has 53 valence electrons. The molecular weight excluding hydrogens is 138 g/mol. The summed E-state index contributed by atoms with van der Waals surface area (Å²) in [5.74, 6) is 0.279. The number of aromatic nitrogens is 1. The lowest BCUT2D eigenvalue weighted by Crippen LogP contribution is -1.75. The topological polar surface area (TPSA) is 33.1 Å². The van der Waals surface area contributed by atoms with E-state index in [9.17, 15) is 5.11 Å². The highest BCUT2D eigenvalue weighted by atomic mass is 16.3. The van der Waals surface area contributed by atoms with E-state index in [-0.39, 0.29) is 5.75 Å². The van der Waals surface area contributed by atoms with Gasteiger partial charge in [-0.2, -0.15) is 0 Å². The van der Waals surface area contributed by atoms with Crippen LogP contribution in [0.15, 0.2) is 30.5 Å². The largest absolute Gasteiger partial charge is 0.507 e. The van der Waals surface area contributed by atoms with Crippen LogP contribution in [0.1, 0.15) is 0 Å². The number of rotatable bonds is 0. The Morgan fingerprint density at radius 3 is 3.00 bits per heavy atom.